The Hall–Kier alpha value is -2.67. The number of ether oxygens (including phenoxy) is 3. The van der Waals surface area contributed by atoms with E-state index in [4.69, 9.17) is 41.8 Å². The summed E-state index contributed by atoms with van der Waals surface area (Å²) >= 11 is 15.6. The first-order chi connectivity index (χ1) is 15.4. The highest BCUT2D eigenvalue weighted by molar-refractivity contribution is 9.10. The van der Waals surface area contributed by atoms with Gasteiger partial charge in [0.15, 0.2) is 17.3 Å². The molecule has 0 spiro atoms. The third kappa shape index (κ3) is 4.31. The van der Waals surface area contributed by atoms with E-state index in [1.807, 2.05) is 0 Å². The molecule has 0 N–H and O–H groups in total. The number of hydrogen-bond donors (Lipinski definition) is 0. The van der Waals surface area contributed by atoms with Crippen LogP contribution in [0.2, 0.25) is 10.0 Å². The van der Waals surface area contributed by atoms with Crippen molar-refractivity contribution in [2.75, 3.05) is 14.2 Å². The third-order valence-electron chi connectivity index (χ3n) is 4.82. The van der Waals surface area contributed by atoms with Gasteiger partial charge in [0.1, 0.15) is 12.2 Å². The Morgan fingerprint density at radius 1 is 0.938 bits per heavy atom. The van der Waals surface area contributed by atoms with Gasteiger partial charge >= 0.3 is 0 Å². The van der Waals surface area contributed by atoms with Crippen molar-refractivity contribution in [1.82, 2.24) is 0 Å². The zero-order valence-corrected chi connectivity index (χ0v) is 20.2. The Bertz CT molecular complexity index is 1370. The number of para-hydroxylation sites is 1. The molecule has 32 heavy (non-hydrogen) atoms. The lowest BCUT2D eigenvalue weighted by atomic mass is 10.1. The fraction of sp³-hybridized carbons (Fsp3) is 0.125. The van der Waals surface area contributed by atoms with Crippen LogP contribution in [-0.4, -0.2) is 14.2 Å². The number of hydrogen-bond acceptors (Lipinski definition) is 5. The van der Waals surface area contributed by atoms with Gasteiger partial charge in [-0.05, 0) is 57.9 Å². The van der Waals surface area contributed by atoms with Crippen molar-refractivity contribution < 1.29 is 18.6 Å². The summed E-state index contributed by atoms with van der Waals surface area (Å²) in [5.41, 5.74) is 1.50. The largest absolute Gasteiger partial charge is 0.493 e. The van der Waals surface area contributed by atoms with E-state index < -0.39 is 0 Å². The van der Waals surface area contributed by atoms with Crippen LogP contribution in [0.1, 0.15) is 5.56 Å². The molecule has 4 rings (SSSR count). The standard InChI is InChI=1S/C24H17BrCl2O5/c1-29-20-11-14(10-16(25)23(20)30-2)22-24(21(28)15-5-3-4-6-19(15)32-22)31-12-13-7-8-17(26)18(27)9-13/h3-11H,12H2,1-2H3. The molecule has 0 unspecified atom stereocenters. The maximum Gasteiger partial charge on any atom is 0.235 e. The van der Waals surface area contributed by atoms with Crippen molar-refractivity contribution >= 4 is 50.1 Å². The molecule has 0 amide bonds. The molecule has 5 nitrogen and oxygen atoms in total. The Morgan fingerprint density at radius 3 is 2.44 bits per heavy atom. The number of fused-ring (bicyclic) bond motifs is 1. The molecule has 164 valence electrons. The highest BCUT2D eigenvalue weighted by Crippen LogP contribution is 2.41. The van der Waals surface area contributed by atoms with Crippen molar-refractivity contribution in [3.05, 3.63) is 84.9 Å². The second kappa shape index (κ2) is 9.45. The number of rotatable bonds is 6. The maximum absolute atomic E-state index is 13.3. The molecule has 3 aromatic carbocycles. The van der Waals surface area contributed by atoms with Gasteiger partial charge in [0, 0.05) is 5.56 Å². The highest BCUT2D eigenvalue weighted by Gasteiger charge is 2.21. The van der Waals surface area contributed by atoms with Crippen LogP contribution < -0.4 is 19.6 Å². The van der Waals surface area contributed by atoms with Crippen LogP contribution in [0.15, 0.2) is 68.3 Å². The van der Waals surface area contributed by atoms with Gasteiger partial charge in [-0.2, -0.15) is 0 Å². The average molecular weight is 536 g/mol. The zero-order chi connectivity index (χ0) is 22.8. The van der Waals surface area contributed by atoms with E-state index in [-0.39, 0.29) is 23.5 Å². The lowest BCUT2D eigenvalue weighted by Gasteiger charge is -2.15. The number of halogens is 3. The summed E-state index contributed by atoms with van der Waals surface area (Å²) in [4.78, 5) is 13.3. The molecule has 0 aliphatic carbocycles. The third-order valence-corrected chi connectivity index (χ3v) is 6.15. The summed E-state index contributed by atoms with van der Waals surface area (Å²) in [6.07, 6.45) is 0. The normalized spacial score (nSPS) is 10.9. The fourth-order valence-electron chi connectivity index (χ4n) is 3.28. The van der Waals surface area contributed by atoms with Crippen molar-refractivity contribution in [3.8, 4) is 28.6 Å². The Morgan fingerprint density at radius 2 is 1.72 bits per heavy atom. The second-order valence-electron chi connectivity index (χ2n) is 6.82. The molecule has 0 radical (unpaired) electrons. The minimum atomic E-state index is -0.284. The summed E-state index contributed by atoms with van der Waals surface area (Å²) in [6, 6.07) is 15.7. The van der Waals surface area contributed by atoms with Crippen LogP contribution >= 0.6 is 39.1 Å². The predicted octanol–water partition coefficient (Wildman–Crippen LogP) is 7.13. The lowest BCUT2D eigenvalue weighted by Crippen LogP contribution is -2.10. The topological polar surface area (TPSA) is 57.9 Å². The summed E-state index contributed by atoms with van der Waals surface area (Å²) < 4.78 is 23.6. The van der Waals surface area contributed by atoms with Crippen molar-refractivity contribution in [3.63, 3.8) is 0 Å². The van der Waals surface area contributed by atoms with Crippen LogP contribution in [0, 0.1) is 0 Å². The molecule has 0 atom stereocenters. The Labute approximate surface area is 202 Å². The summed E-state index contributed by atoms with van der Waals surface area (Å²) in [6.45, 7) is 0.0987. The van der Waals surface area contributed by atoms with Crippen LogP contribution in [0.25, 0.3) is 22.3 Å². The van der Waals surface area contributed by atoms with E-state index in [9.17, 15) is 4.79 Å². The molecule has 8 heteroatoms. The Balaban J connectivity index is 1.87. The quantitative estimate of drug-likeness (QED) is 0.263. The summed E-state index contributed by atoms with van der Waals surface area (Å²) in [7, 11) is 3.08. The van der Waals surface area contributed by atoms with E-state index in [2.05, 4.69) is 15.9 Å². The first-order valence-electron chi connectivity index (χ1n) is 9.47. The molecule has 0 aliphatic heterocycles. The van der Waals surface area contributed by atoms with E-state index in [0.717, 1.165) is 5.56 Å². The van der Waals surface area contributed by atoms with E-state index in [0.29, 0.717) is 42.5 Å². The molecular weight excluding hydrogens is 519 g/mol. The van der Waals surface area contributed by atoms with Crippen LogP contribution in [0.4, 0.5) is 0 Å². The van der Waals surface area contributed by atoms with Crippen LogP contribution in [0.3, 0.4) is 0 Å². The monoisotopic (exact) mass is 534 g/mol. The van der Waals surface area contributed by atoms with E-state index in [1.165, 1.54) is 7.11 Å². The minimum absolute atomic E-state index is 0.0777. The molecule has 0 fully saturated rings. The molecule has 0 bridgehead atoms. The molecule has 0 aliphatic rings. The fourth-order valence-corrected chi connectivity index (χ4v) is 4.20. The lowest BCUT2D eigenvalue weighted by molar-refractivity contribution is 0.298. The van der Waals surface area contributed by atoms with Crippen molar-refractivity contribution in [2.45, 2.75) is 6.61 Å². The first-order valence-corrected chi connectivity index (χ1v) is 11.0. The van der Waals surface area contributed by atoms with Crippen LogP contribution in [0.5, 0.6) is 17.2 Å². The predicted molar refractivity (Wildman–Crippen MR) is 130 cm³/mol. The molecule has 1 aromatic heterocycles. The van der Waals surface area contributed by atoms with Gasteiger partial charge in [-0.3, -0.25) is 4.79 Å². The molecule has 4 aromatic rings. The van der Waals surface area contributed by atoms with E-state index >= 15 is 0 Å². The molecule has 0 saturated carbocycles. The summed E-state index contributed by atoms with van der Waals surface area (Å²) in [5, 5.41) is 1.26. The van der Waals surface area contributed by atoms with Crippen molar-refractivity contribution in [1.29, 1.82) is 0 Å². The Kier molecular flexibility index (Phi) is 6.65. The molecule has 1 heterocycles. The van der Waals surface area contributed by atoms with E-state index in [1.54, 1.807) is 61.7 Å². The highest BCUT2D eigenvalue weighted by atomic mass is 79.9. The minimum Gasteiger partial charge on any atom is -0.493 e. The van der Waals surface area contributed by atoms with Gasteiger partial charge in [-0.25, -0.2) is 0 Å². The van der Waals surface area contributed by atoms with Gasteiger partial charge in [-0.1, -0.05) is 41.4 Å². The first kappa shape index (κ1) is 22.5. The maximum atomic E-state index is 13.3. The van der Waals surface area contributed by atoms with Crippen LogP contribution in [-0.2, 0) is 6.61 Å². The second-order valence-corrected chi connectivity index (χ2v) is 8.49. The van der Waals surface area contributed by atoms with Crippen molar-refractivity contribution in [2.24, 2.45) is 0 Å². The van der Waals surface area contributed by atoms with Gasteiger partial charge in [-0.15, -0.1) is 0 Å². The molecular formula is C24H17BrCl2O5. The van der Waals surface area contributed by atoms with Gasteiger partial charge < -0.3 is 18.6 Å². The molecule has 0 saturated heterocycles. The smallest absolute Gasteiger partial charge is 0.235 e. The number of methoxy groups -OCH3 is 2. The van der Waals surface area contributed by atoms with Gasteiger partial charge in [0.05, 0.1) is 34.1 Å². The SMILES string of the molecule is COc1cc(-c2oc3ccccc3c(=O)c2OCc2ccc(Cl)c(Cl)c2)cc(Br)c1OC. The zero-order valence-electron chi connectivity index (χ0n) is 17.1. The van der Waals surface area contributed by atoms with Gasteiger partial charge in [0.25, 0.3) is 0 Å². The number of benzene rings is 3. The average Bonchev–Trinajstić information content (AvgIpc) is 2.80. The van der Waals surface area contributed by atoms with Gasteiger partial charge in [0.2, 0.25) is 11.2 Å². The summed E-state index contributed by atoms with van der Waals surface area (Å²) in [5.74, 6) is 1.35.